The Hall–Kier alpha value is -4.66. The largest absolute Gasteiger partial charge is 0.379 e. The Morgan fingerprint density at radius 1 is 1.08 bits per heavy atom. The van der Waals surface area contributed by atoms with E-state index in [2.05, 4.69) is 40.6 Å². The van der Waals surface area contributed by atoms with Gasteiger partial charge in [0.1, 0.15) is 24.1 Å². The molecule has 48 heavy (non-hydrogen) atoms. The van der Waals surface area contributed by atoms with Gasteiger partial charge in [-0.3, -0.25) is 14.8 Å². The third-order valence-corrected chi connectivity index (χ3v) is 8.62. The summed E-state index contributed by atoms with van der Waals surface area (Å²) in [5, 5.41) is 14.0. The minimum atomic E-state index is -3.04. The van der Waals surface area contributed by atoms with Gasteiger partial charge in [-0.05, 0) is 36.8 Å². The molecule has 14 heteroatoms. The van der Waals surface area contributed by atoms with E-state index < -0.39 is 11.8 Å². The summed E-state index contributed by atoms with van der Waals surface area (Å²) in [6.45, 7) is 9.69. The second-order valence-electron chi connectivity index (χ2n) is 12.1. The van der Waals surface area contributed by atoms with Crippen LogP contribution in [-0.4, -0.2) is 97.1 Å². The van der Waals surface area contributed by atoms with Gasteiger partial charge in [0, 0.05) is 81.3 Å². The second-order valence-corrected chi connectivity index (χ2v) is 12.1. The monoisotopic (exact) mass is 661 g/mol. The van der Waals surface area contributed by atoms with E-state index in [0.717, 1.165) is 80.7 Å². The first-order valence-electron chi connectivity index (χ1n) is 16.1. The van der Waals surface area contributed by atoms with Crippen molar-refractivity contribution in [2.45, 2.75) is 25.9 Å². The van der Waals surface area contributed by atoms with Crippen molar-refractivity contribution in [2.24, 2.45) is 0 Å². The van der Waals surface area contributed by atoms with Gasteiger partial charge in [-0.15, -0.1) is 0 Å². The number of H-pyrrole nitrogens is 1. The number of benzene rings is 2. The maximum atomic E-state index is 13.8. The van der Waals surface area contributed by atoms with Gasteiger partial charge in [0.25, 0.3) is 11.8 Å². The lowest BCUT2D eigenvalue weighted by atomic mass is 10.1. The average molecular weight is 662 g/mol. The molecule has 0 saturated carbocycles. The van der Waals surface area contributed by atoms with Crippen molar-refractivity contribution in [3.05, 3.63) is 83.3 Å². The van der Waals surface area contributed by atoms with Crippen LogP contribution in [0.2, 0.25) is 0 Å². The third-order valence-electron chi connectivity index (χ3n) is 8.62. The number of carbonyl (C=O) groups is 1. The molecule has 4 aromatic rings. The van der Waals surface area contributed by atoms with Crippen LogP contribution in [0.25, 0.3) is 0 Å². The Labute approximate surface area is 278 Å². The van der Waals surface area contributed by atoms with Crippen molar-refractivity contribution in [2.75, 3.05) is 86.6 Å². The molecule has 1 amide bonds. The van der Waals surface area contributed by atoms with Gasteiger partial charge in [-0.25, -0.2) is 18.7 Å². The second kappa shape index (κ2) is 14.6. The first-order chi connectivity index (χ1) is 23.1. The van der Waals surface area contributed by atoms with Crippen LogP contribution < -0.4 is 20.4 Å². The molecule has 2 aliphatic heterocycles. The SMILES string of the molecule is Cc1ccc(NC(=O)c2cccc(C(C)(F)F)c2)cc1N(C)c1cc(N2CCOC(c3cc(NCCN4CCOCC4)ncn3)C2)n[nH]1. The highest BCUT2D eigenvalue weighted by Gasteiger charge is 2.27. The highest BCUT2D eigenvalue weighted by molar-refractivity contribution is 6.04. The predicted molar refractivity (Wildman–Crippen MR) is 180 cm³/mol. The normalized spacial score (nSPS) is 17.3. The fraction of sp³-hybridized carbons (Fsp3) is 0.412. The Kier molecular flexibility index (Phi) is 10.1. The molecule has 2 aromatic carbocycles. The van der Waals surface area contributed by atoms with Crippen LogP contribution in [0.15, 0.2) is 60.9 Å². The number of aromatic nitrogens is 4. The number of hydrogen-bond donors (Lipinski definition) is 3. The Bertz CT molecular complexity index is 1710. The van der Waals surface area contributed by atoms with E-state index in [1.54, 1.807) is 12.4 Å². The van der Waals surface area contributed by atoms with Gasteiger partial charge in [0.2, 0.25) is 0 Å². The first-order valence-corrected chi connectivity index (χ1v) is 16.1. The summed E-state index contributed by atoms with van der Waals surface area (Å²) in [5.74, 6) is -1.21. The number of aromatic amines is 1. The zero-order valence-electron chi connectivity index (χ0n) is 27.4. The number of hydrogen-bond acceptors (Lipinski definition) is 10. The molecule has 0 aliphatic carbocycles. The molecule has 6 rings (SSSR count). The number of morpholine rings is 2. The van der Waals surface area contributed by atoms with Gasteiger partial charge < -0.3 is 29.9 Å². The Morgan fingerprint density at radius 3 is 2.73 bits per heavy atom. The lowest BCUT2D eigenvalue weighted by Crippen LogP contribution is -2.39. The molecule has 1 unspecified atom stereocenters. The number of aryl methyl sites for hydroxylation is 1. The number of ether oxygens (including phenoxy) is 2. The molecule has 0 radical (unpaired) electrons. The van der Waals surface area contributed by atoms with Crippen LogP contribution in [0.1, 0.15) is 40.2 Å². The summed E-state index contributed by atoms with van der Waals surface area (Å²) in [5.41, 5.74) is 3.10. The number of alkyl halides is 2. The fourth-order valence-corrected chi connectivity index (χ4v) is 5.80. The van der Waals surface area contributed by atoms with Gasteiger partial charge in [-0.1, -0.05) is 18.2 Å². The standard InChI is InChI=1S/C34H41F2N9O3/c1-23-7-8-26(40-33(46)24-5-4-6-25(17-24)34(2,35)36)18-28(23)43(3)31-20-32(42-41-31)45-13-16-48-29(21-45)27-19-30(39-22-38-27)37-9-10-44-11-14-47-15-12-44/h4-8,17-20,22,29H,9-16,21H2,1-3H3,(H,40,46)(H,41,42)(H,37,38,39). The predicted octanol–water partition coefficient (Wildman–Crippen LogP) is 4.96. The summed E-state index contributed by atoms with van der Waals surface area (Å²) >= 11 is 0. The first kappa shape index (κ1) is 33.2. The third kappa shape index (κ3) is 8.06. The topological polar surface area (TPSA) is 124 Å². The smallest absolute Gasteiger partial charge is 0.270 e. The molecule has 4 heterocycles. The van der Waals surface area contributed by atoms with Gasteiger partial charge in [0.15, 0.2) is 5.82 Å². The number of nitrogens with zero attached hydrogens (tertiary/aromatic N) is 6. The van der Waals surface area contributed by atoms with Gasteiger partial charge >= 0.3 is 0 Å². The summed E-state index contributed by atoms with van der Waals surface area (Å²) in [6.07, 6.45) is 1.32. The van der Waals surface area contributed by atoms with E-state index in [-0.39, 0.29) is 17.2 Å². The fourth-order valence-electron chi connectivity index (χ4n) is 5.80. The number of carbonyl (C=O) groups excluding carboxylic acids is 1. The van der Waals surface area contributed by atoms with Crippen molar-refractivity contribution in [1.82, 2.24) is 25.1 Å². The van der Waals surface area contributed by atoms with Crippen LogP contribution in [0.3, 0.4) is 0 Å². The molecule has 2 aliphatic rings. The molecule has 3 N–H and O–H groups in total. The summed E-state index contributed by atoms with van der Waals surface area (Å²) in [4.78, 5) is 28.3. The van der Waals surface area contributed by atoms with Crippen molar-refractivity contribution in [3.8, 4) is 0 Å². The van der Waals surface area contributed by atoms with E-state index in [0.29, 0.717) is 25.4 Å². The molecular formula is C34H41F2N9O3. The molecule has 254 valence electrons. The zero-order chi connectivity index (χ0) is 33.7. The summed E-state index contributed by atoms with van der Waals surface area (Å²) < 4.78 is 39.2. The molecule has 0 spiro atoms. The highest BCUT2D eigenvalue weighted by atomic mass is 19.3. The molecule has 12 nitrogen and oxygen atoms in total. The number of rotatable bonds is 11. The lowest BCUT2D eigenvalue weighted by Gasteiger charge is -2.32. The molecular weight excluding hydrogens is 620 g/mol. The van der Waals surface area contributed by atoms with Gasteiger partial charge in [-0.2, -0.15) is 5.10 Å². The van der Waals surface area contributed by atoms with Crippen LogP contribution in [0.4, 0.5) is 37.6 Å². The van der Waals surface area contributed by atoms with Crippen LogP contribution in [-0.2, 0) is 15.4 Å². The van der Waals surface area contributed by atoms with Crippen LogP contribution in [0.5, 0.6) is 0 Å². The van der Waals surface area contributed by atoms with Crippen molar-refractivity contribution >= 4 is 34.7 Å². The number of anilines is 5. The highest BCUT2D eigenvalue weighted by Crippen LogP contribution is 2.32. The van der Waals surface area contributed by atoms with E-state index >= 15 is 0 Å². The average Bonchev–Trinajstić information content (AvgIpc) is 3.60. The van der Waals surface area contributed by atoms with Crippen LogP contribution in [0, 0.1) is 6.92 Å². The molecule has 2 saturated heterocycles. The molecule has 2 fully saturated rings. The molecule has 0 bridgehead atoms. The quantitative estimate of drug-likeness (QED) is 0.203. The Balaban J connectivity index is 1.09. The van der Waals surface area contributed by atoms with E-state index in [1.165, 1.54) is 24.3 Å². The van der Waals surface area contributed by atoms with E-state index in [9.17, 15) is 13.6 Å². The van der Waals surface area contributed by atoms with E-state index in [4.69, 9.17) is 9.47 Å². The van der Waals surface area contributed by atoms with Crippen molar-refractivity contribution < 1.29 is 23.0 Å². The number of amides is 1. The zero-order valence-corrected chi connectivity index (χ0v) is 27.4. The number of halogens is 2. The minimum Gasteiger partial charge on any atom is -0.379 e. The maximum absolute atomic E-state index is 13.8. The number of nitrogens with one attached hydrogen (secondary N) is 3. The molecule has 2 aromatic heterocycles. The van der Waals surface area contributed by atoms with Gasteiger partial charge in [0.05, 0.1) is 32.1 Å². The van der Waals surface area contributed by atoms with Crippen molar-refractivity contribution in [3.63, 3.8) is 0 Å². The summed E-state index contributed by atoms with van der Waals surface area (Å²) in [7, 11) is 1.91. The van der Waals surface area contributed by atoms with E-state index in [1.807, 2.05) is 43.1 Å². The molecule has 1 atom stereocenters. The maximum Gasteiger partial charge on any atom is 0.270 e. The summed E-state index contributed by atoms with van der Waals surface area (Å²) in [6, 6.07) is 14.9. The van der Waals surface area contributed by atoms with Crippen LogP contribution >= 0.6 is 0 Å². The van der Waals surface area contributed by atoms with Crippen molar-refractivity contribution in [1.29, 1.82) is 0 Å². The Morgan fingerprint density at radius 2 is 1.92 bits per heavy atom. The lowest BCUT2D eigenvalue weighted by molar-refractivity contribution is 0.0174. The minimum absolute atomic E-state index is 0.157.